The lowest BCUT2D eigenvalue weighted by Gasteiger charge is -2.25. The van der Waals surface area contributed by atoms with Crippen molar-refractivity contribution in [3.63, 3.8) is 0 Å². The minimum Gasteiger partial charge on any atom is -0.508 e. The van der Waals surface area contributed by atoms with E-state index in [1.807, 2.05) is 24.3 Å². The number of phenols is 1. The van der Waals surface area contributed by atoms with Gasteiger partial charge in [-0.05, 0) is 41.3 Å². The number of aromatic hydroxyl groups is 1. The number of aromatic nitrogens is 1. The highest BCUT2D eigenvalue weighted by molar-refractivity contribution is 7.80. The van der Waals surface area contributed by atoms with E-state index in [1.165, 1.54) is 12.1 Å². The number of thiol groups is 1. The Balaban J connectivity index is 1.44. The van der Waals surface area contributed by atoms with Crippen LogP contribution in [0.2, 0.25) is 0 Å². The summed E-state index contributed by atoms with van der Waals surface area (Å²) < 4.78 is 0. The van der Waals surface area contributed by atoms with Crippen molar-refractivity contribution in [2.45, 2.75) is 43.4 Å². The molecule has 12 heteroatoms. The number of carbonyl (C=O) groups is 4. The Morgan fingerprint density at radius 3 is 1.98 bits per heavy atom. The summed E-state index contributed by atoms with van der Waals surface area (Å²) in [5.41, 5.74) is 9.28. The highest BCUT2D eigenvalue weighted by Crippen LogP contribution is 2.19. The van der Waals surface area contributed by atoms with Crippen molar-refractivity contribution in [2.24, 2.45) is 5.73 Å². The Labute approximate surface area is 259 Å². The van der Waals surface area contributed by atoms with Crippen LogP contribution < -0.4 is 21.7 Å². The summed E-state index contributed by atoms with van der Waals surface area (Å²) >= 11 is 4.24. The minimum atomic E-state index is -1.30. The summed E-state index contributed by atoms with van der Waals surface area (Å²) in [7, 11) is 0. The number of carboxylic acid groups (broad SMARTS) is 1. The van der Waals surface area contributed by atoms with Gasteiger partial charge < -0.3 is 36.9 Å². The first-order chi connectivity index (χ1) is 21.1. The number of hydrogen-bond acceptors (Lipinski definition) is 7. The van der Waals surface area contributed by atoms with Crippen LogP contribution in [-0.4, -0.2) is 68.8 Å². The number of phenolic OH excluding ortho intramolecular Hbond substituents is 1. The molecule has 0 saturated carbocycles. The van der Waals surface area contributed by atoms with Crippen LogP contribution in [0.1, 0.15) is 16.7 Å². The number of aromatic amines is 1. The molecule has 4 rings (SSSR count). The monoisotopic (exact) mass is 617 g/mol. The molecule has 3 amide bonds. The molecule has 4 atom stereocenters. The number of nitrogens with two attached hydrogens (primary N) is 1. The number of nitrogens with one attached hydrogen (secondary N) is 4. The molecule has 0 bridgehead atoms. The maximum atomic E-state index is 13.4. The molecule has 1 aromatic heterocycles. The topological polar surface area (TPSA) is 187 Å². The molecule has 0 aliphatic carbocycles. The third-order valence-corrected chi connectivity index (χ3v) is 7.54. The van der Waals surface area contributed by atoms with Gasteiger partial charge in [-0.3, -0.25) is 14.4 Å². The van der Waals surface area contributed by atoms with Crippen molar-refractivity contribution < 1.29 is 29.4 Å². The maximum Gasteiger partial charge on any atom is 0.326 e. The van der Waals surface area contributed by atoms with Crippen LogP contribution in [0.5, 0.6) is 5.75 Å². The van der Waals surface area contributed by atoms with Gasteiger partial charge in [-0.1, -0.05) is 60.7 Å². The lowest BCUT2D eigenvalue weighted by atomic mass is 10.0. The number of benzene rings is 3. The van der Waals surface area contributed by atoms with E-state index in [4.69, 9.17) is 5.73 Å². The predicted molar refractivity (Wildman–Crippen MR) is 169 cm³/mol. The molecule has 0 radical (unpaired) electrons. The Bertz CT molecular complexity index is 1590. The van der Waals surface area contributed by atoms with Crippen LogP contribution in [-0.2, 0) is 38.4 Å². The van der Waals surface area contributed by atoms with E-state index in [9.17, 15) is 29.4 Å². The molecular weight excluding hydrogens is 582 g/mol. The molecule has 0 fully saturated rings. The molecule has 4 aromatic rings. The summed E-state index contributed by atoms with van der Waals surface area (Å²) in [6.45, 7) is 0. The zero-order valence-corrected chi connectivity index (χ0v) is 24.7. The second-order valence-corrected chi connectivity index (χ2v) is 10.8. The Hall–Kier alpha value is -4.81. The molecule has 3 aromatic carbocycles. The smallest absolute Gasteiger partial charge is 0.326 e. The van der Waals surface area contributed by atoms with Crippen molar-refractivity contribution in [1.82, 2.24) is 20.9 Å². The number of rotatable bonds is 14. The first kappa shape index (κ1) is 32.1. The summed E-state index contributed by atoms with van der Waals surface area (Å²) in [6.07, 6.45) is 2.04. The van der Waals surface area contributed by atoms with E-state index in [0.29, 0.717) is 5.56 Å². The fourth-order valence-corrected chi connectivity index (χ4v) is 5.03. The second-order valence-electron chi connectivity index (χ2n) is 10.4. The number of carbonyl (C=O) groups excluding carboxylic acids is 3. The number of hydrogen-bond donors (Lipinski definition) is 8. The molecule has 1 heterocycles. The van der Waals surface area contributed by atoms with Gasteiger partial charge in [-0.15, -0.1) is 0 Å². The summed E-state index contributed by atoms with van der Waals surface area (Å²) in [4.78, 5) is 54.9. The van der Waals surface area contributed by atoms with Crippen LogP contribution in [0.25, 0.3) is 10.9 Å². The van der Waals surface area contributed by atoms with Crippen LogP contribution in [0.15, 0.2) is 85.1 Å². The molecule has 0 aliphatic rings. The summed E-state index contributed by atoms with van der Waals surface area (Å²) in [6, 6.07) is 18.0. The quantitative estimate of drug-likeness (QED) is 0.0989. The fourth-order valence-electron chi connectivity index (χ4n) is 4.77. The number of fused-ring (bicyclic) bond motifs is 1. The van der Waals surface area contributed by atoms with Crippen LogP contribution in [0.3, 0.4) is 0 Å². The van der Waals surface area contributed by atoms with Gasteiger partial charge in [0, 0.05) is 35.7 Å². The van der Waals surface area contributed by atoms with Gasteiger partial charge in [-0.2, -0.15) is 12.6 Å². The number of carboxylic acids is 1. The zero-order chi connectivity index (χ0) is 31.6. The lowest BCUT2D eigenvalue weighted by Crippen LogP contribution is -2.58. The van der Waals surface area contributed by atoms with Crippen molar-refractivity contribution in [1.29, 1.82) is 0 Å². The van der Waals surface area contributed by atoms with E-state index >= 15 is 0 Å². The van der Waals surface area contributed by atoms with Crippen molar-refractivity contribution in [2.75, 3.05) is 5.75 Å². The van der Waals surface area contributed by atoms with Gasteiger partial charge >= 0.3 is 5.97 Å². The average Bonchev–Trinajstić information content (AvgIpc) is 3.42. The van der Waals surface area contributed by atoms with Gasteiger partial charge in [0.05, 0.1) is 6.04 Å². The first-order valence-corrected chi connectivity index (χ1v) is 14.6. The normalized spacial score (nSPS) is 13.8. The molecule has 230 valence electrons. The number of para-hydroxylation sites is 1. The minimum absolute atomic E-state index is 0.0278. The molecular formula is C32H35N5O6S. The molecule has 8 N–H and O–H groups in total. The first-order valence-electron chi connectivity index (χ1n) is 14.0. The number of amides is 3. The molecule has 44 heavy (non-hydrogen) atoms. The van der Waals surface area contributed by atoms with E-state index in [1.54, 1.807) is 48.7 Å². The van der Waals surface area contributed by atoms with E-state index in [2.05, 4.69) is 33.6 Å². The predicted octanol–water partition coefficient (Wildman–Crippen LogP) is 1.70. The van der Waals surface area contributed by atoms with Gasteiger partial charge in [0.15, 0.2) is 0 Å². The SMILES string of the molecule is NC(Cc1c[nH]c2ccccc12)C(=O)NC(CS)C(=O)NC(Cc1ccccc1)C(=O)NC(Cc1ccc(O)cc1)C(=O)O. The largest absolute Gasteiger partial charge is 0.508 e. The molecule has 0 saturated heterocycles. The highest BCUT2D eigenvalue weighted by atomic mass is 32.1. The molecule has 11 nitrogen and oxygen atoms in total. The average molecular weight is 618 g/mol. The zero-order valence-electron chi connectivity index (χ0n) is 23.8. The van der Waals surface area contributed by atoms with E-state index < -0.39 is 47.9 Å². The Morgan fingerprint density at radius 2 is 1.30 bits per heavy atom. The second kappa shape index (κ2) is 15.1. The van der Waals surface area contributed by atoms with Crippen molar-refractivity contribution >= 4 is 47.2 Å². The third-order valence-electron chi connectivity index (χ3n) is 7.17. The Morgan fingerprint density at radius 1 is 0.727 bits per heavy atom. The number of H-pyrrole nitrogens is 1. The molecule has 4 unspecified atom stereocenters. The van der Waals surface area contributed by atoms with E-state index in [-0.39, 0.29) is 30.8 Å². The number of aliphatic carboxylic acids is 1. The fraction of sp³-hybridized carbons (Fsp3) is 0.250. The standard InChI is InChI=1S/C32H35N5O6S/c33-24(16-21-17-34-25-9-5-4-8-23(21)25)29(39)37-28(18-44)31(41)35-26(14-19-6-2-1-3-7-19)30(40)36-27(32(42)43)15-20-10-12-22(38)13-11-20/h1-13,17,24,26-28,34,38,44H,14-16,18,33H2,(H,35,41)(H,36,40)(H,37,39)(H,42,43). The Kier molecular flexibility index (Phi) is 11.0. The van der Waals surface area contributed by atoms with Crippen molar-refractivity contribution in [3.8, 4) is 5.75 Å². The lowest BCUT2D eigenvalue weighted by molar-refractivity contribution is -0.142. The van der Waals surface area contributed by atoms with Gasteiger partial charge in [0.25, 0.3) is 0 Å². The summed E-state index contributed by atoms with van der Waals surface area (Å²) in [5.74, 6) is -3.26. The molecule has 0 spiro atoms. The van der Waals surface area contributed by atoms with Gasteiger partial charge in [0.2, 0.25) is 17.7 Å². The van der Waals surface area contributed by atoms with Crippen LogP contribution in [0.4, 0.5) is 0 Å². The van der Waals surface area contributed by atoms with Crippen LogP contribution in [0, 0.1) is 0 Å². The van der Waals surface area contributed by atoms with Crippen LogP contribution >= 0.6 is 12.6 Å². The van der Waals surface area contributed by atoms with Gasteiger partial charge in [-0.25, -0.2) is 4.79 Å². The van der Waals surface area contributed by atoms with Crippen molar-refractivity contribution in [3.05, 3.63) is 102 Å². The highest BCUT2D eigenvalue weighted by Gasteiger charge is 2.30. The maximum absolute atomic E-state index is 13.4. The molecule has 0 aliphatic heterocycles. The van der Waals surface area contributed by atoms with E-state index in [0.717, 1.165) is 22.0 Å². The third kappa shape index (κ3) is 8.62. The summed E-state index contributed by atoms with van der Waals surface area (Å²) in [5, 5.41) is 28.1. The van der Waals surface area contributed by atoms with Gasteiger partial charge in [0.1, 0.15) is 23.9 Å².